The molecule has 0 saturated carbocycles. The van der Waals surface area contributed by atoms with Crippen molar-refractivity contribution in [2.24, 2.45) is 0 Å². The van der Waals surface area contributed by atoms with E-state index in [-0.39, 0.29) is 11.9 Å². The van der Waals surface area contributed by atoms with Crippen molar-refractivity contribution in [3.63, 3.8) is 0 Å². The molecule has 0 aliphatic rings. The second kappa shape index (κ2) is 4.79. The average molecular weight is 271 g/mol. The minimum absolute atomic E-state index is 0.0612. The molecule has 0 bridgehead atoms. The minimum atomic E-state index is -0.677. The lowest BCUT2D eigenvalue weighted by atomic mass is 9.89. The summed E-state index contributed by atoms with van der Waals surface area (Å²) in [6.07, 6.45) is 0. The number of benzene rings is 1. The molecular formula is C12H15BrO2. The number of hydrogen-bond acceptors (Lipinski definition) is 2. The Morgan fingerprint density at radius 2 is 1.93 bits per heavy atom. The highest BCUT2D eigenvalue weighted by Crippen LogP contribution is 2.36. The fourth-order valence-electron chi connectivity index (χ4n) is 1.43. The van der Waals surface area contributed by atoms with Crippen molar-refractivity contribution in [1.82, 2.24) is 0 Å². The summed E-state index contributed by atoms with van der Waals surface area (Å²) >= 11 is 3.44. The van der Waals surface area contributed by atoms with Gasteiger partial charge in [-0.25, -0.2) is 0 Å². The largest absolute Gasteiger partial charge is 0.468 e. The van der Waals surface area contributed by atoms with Gasteiger partial charge in [0, 0.05) is 5.92 Å². The van der Waals surface area contributed by atoms with Gasteiger partial charge in [-0.05, 0) is 12.5 Å². The van der Waals surface area contributed by atoms with Gasteiger partial charge in [-0.3, -0.25) is 4.79 Å². The van der Waals surface area contributed by atoms with E-state index in [1.165, 1.54) is 7.11 Å². The molecule has 15 heavy (non-hydrogen) atoms. The number of alkyl halides is 1. The Kier molecular flexibility index (Phi) is 3.91. The molecule has 0 unspecified atom stereocenters. The molecule has 2 atom stereocenters. The van der Waals surface area contributed by atoms with Crippen LogP contribution in [0.2, 0.25) is 0 Å². The zero-order valence-corrected chi connectivity index (χ0v) is 10.7. The molecule has 0 spiro atoms. The molecule has 2 nitrogen and oxygen atoms in total. The number of ether oxygens (including phenoxy) is 1. The molecule has 3 heteroatoms. The molecule has 0 amide bonds. The molecule has 0 heterocycles. The minimum Gasteiger partial charge on any atom is -0.468 e. The quantitative estimate of drug-likeness (QED) is 0.623. The number of methoxy groups -OCH3 is 1. The monoisotopic (exact) mass is 270 g/mol. The second-order valence-corrected chi connectivity index (χ2v) is 5.35. The smallest absolute Gasteiger partial charge is 0.322 e. The van der Waals surface area contributed by atoms with Crippen molar-refractivity contribution in [1.29, 1.82) is 0 Å². The maximum atomic E-state index is 11.6. The first-order chi connectivity index (χ1) is 7.00. The maximum absolute atomic E-state index is 11.6. The van der Waals surface area contributed by atoms with Gasteiger partial charge in [-0.15, -0.1) is 0 Å². The van der Waals surface area contributed by atoms with E-state index >= 15 is 0 Å². The van der Waals surface area contributed by atoms with Crippen LogP contribution < -0.4 is 0 Å². The van der Waals surface area contributed by atoms with E-state index in [9.17, 15) is 4.79 Å². The first-order valence-electron chi connectivity index (χ1n) is 4.82. The molecule has 0 N–H and O–H groups in total. The molecule has 0 fully saturated rings. The fraction of sp³-hybridized carbons (Fsp3) is 0.417. The van der Waals surface area contributed by atoms with Gasteiger partial charge in [0.2, 0.25) is 0 Å². The summed E-state index contributed by atoms with van der Waals surface area (Å²) < 4.78 is 4.09. The van der Waals surface area contributed by atoms with Gasteiger partial charge in [0.25, 0.3) is 0 Å². The van der Waals surface area contributed by atoms with Crippen molar-refractivity contribution >= 4 is 21.9 Å². The van der Waals surface area contributed by atoms with Gasteiger partial charge in [-0.2, -0.15) is 0 Å². The SMILES string of the molecule is COC(=O)[C@](C)(Br)[C@@H](C)c1ccccc1. The number of carbonyl (C=O) groups is 1. The van der Waals surface area contributed by atoms with E-state index < -0.39 is 4.32 Å². The Morgan fingerprint density at radius 3 is 2.40 bits per heavy atom. The third-order valence-electron chi connectivity index (χ3n) is 2.70. The molecule has 1 aromatic rings. The number of hydrogen-bond donors (Lipinski definition) is 0. The van der Waals surface area contributed by atoms with Crippen LogP contribution in [0, 0.1) is 0 Å². The summed E-state index contributed by atoms with van der Waals surface area (Å²) in [5.41, 5.74) is 1.11. The Balaban J connectivity index is 2.94. The van der Waals surface area contributed by atoms with Crippen LogP contribution in [0.25, 0.3) is 0 Å². The van der Waals surface area contributed by atoms with Crippen LogP contribution >= 0.6 is 15.9 Å². The van der Waals surface area contributed by atoms with Crippen LogP contribution in [-0.2, 0) is 9.53 Å². The summed E-state index contributed by atoms with van der Waals surface area (Å²) in [7, 11) is 1.40. The molecule has 0 aromatic heterocycles. The van der Waals surface area contributed by atoms with E-state index in [4.69, 9.17) is 4.74 Å². The van der Waals surface area contributed by atoms with Crippen molar-refractivity contribution in [2.45, 2.75) is 24.1 Å². The van der Waals surface area contributed by atoms with Crippen LogP contribution in [0.4, 0.5) is 0 Å². The highest BCUT2D eigenvalue weighted by molar-refractivity contribution is 9.10. The predicted octanol–water partition coefficient (Wildman–Crippen LogP) is 3.12. The van der Waals surface area contributed by atoms with Crippen LogP contribution in [0.3, 0.4) is 0 Å². The molecule has 0 aliphatic heterocycles. The molecule has 0 saturated heterocycles. The molecule has 0 radical (unpaired) electrons. The number of esters is 1. The molecule has 1 rings (SSSR count). The summed E-state index contributed by atoms with van der Waals surface area (Å²) in [5, 5.41) is 0. The van der Waals surface area contributed by atoms with Crippen molar-refractivity contribution in [3.8, 4) is 0 Å². The van der Waals surface area contributed by atoms with Gasteiger partial charge in [0.1, 0.15) is 4.32 Å². The third kappa shape index (κ3) is 2.59. The highest BCUT2D eigenvalue weighted by Gasteiger charge is 2.37. The Hall–Kier alpha value is -0.830. The Bertz CT molecular complexity index is 333. The molecule has 1 aromatic carbocycles. The van der Waals surface area contributed by atoms with Gasteiger partial charge in [0.05, 0.1) is 7.11 Å². The normalized spacial score (nSPS) is 16.5. The first kappa shape index (κ1) is 12.2. The van der Waals surface area contributed by atoms with E-state index in [2.05, 4.69) is 15.9 Å². The summed E-state index contributed by atoms with van der Waals surface area (Å²) in [4.78, 5) is 11.6. The zero-order valence-electron chi connectivity index (χ0n) is 9.16. The topological polar surface area (TPSA) is 26.3 Å². The number of carbonyl (C=O) groups excluding carboxylic acids is 1. The third-order valence-corrected chi connectivity index (χ3v) is 3.71. The van der Waals surface area contributed by atoms with Gasteiger partial charge < -0.3 is 4.74 Å². The lowest BCUT2D eigenvalue weighted by Crippen LogP contribution is -2.35. The van der Waals surface area contributed by atoms with E-state index in [1.807, 2.05) is 44.2 Å². The molecule has 82 valence electrons. The summed E-state index contributed by atoms with van der Waals surface area (Å²) in [6.45, 7) is 3.83. The van der Waals surface area contributed by atoms with Crippen LogP contribution in [0.1, 0.15) is 25.3 Å². The van der Waals surface area contributed by atoms with Crippen molar-refractivity contribution < 1.29 is 9.53 Å². The fourth-order valence-corrected chi connectivity index (χ4v) is 1.86. The zero-order chi connectivity index (χ0) is 11.5. The number of halogens is 1. The van der Waals surface area contributed by atoms with Crippen LogP contribution in [-0.4, -0.2) is 17.4 Å². The first-order valence-corrected chi connectivity index (χ1v) is 5.61. The highest BCUT2D eigenvalue weighted by atomic mass is 79.9. The standard InChI is InChI=1S/C12H15BrO2/c1-9(10-7-5-4-6-8-10)12(2,13)11(14)15-3/h4-9H,1-3H3/t9-,12+/m0/s1. The van der Waals surface area contributed by atoms with E-state index in [0.29, 0.717) is 0 Å². The van der Waals surface area contributed by atoms with Crippen molar-refractivity contribution in [3.05, 3.63) is 35.9 Å². The second-order valence-electron chi connectivity index (χ2n) is 3.70. The Morgan fingerprint density at radius 1 is 1.40 bits per heavy atom. The predicted molar refractivity (Wildman–Crippen MR) is 64.2 cm³/mol. The lowest BCUT2D eigenvalue weighted by Gasteiger charge is -2.27. The number of rotatable bonds is 3. The van der Waals surface area contributed by atoms with Crippen LogP contribution in [0.15, 0.2) is 30.3 Å². The molecular weight excluding hydrogens is 256 g/mol. The van der Waals surface area contributed by atoms with E-state index in [1.54, 1.807) is 0 Å². The average Bonchev–Trinajstić information content (AvgIpc) is 2.28. The van der Waals surface area contributed by atoms with Gasteiger partial charge in [-0.1, -0.05) is 53.2 Å². The van der Waals surface area contributed by atoms with Crippen LogP contribution in [0.5, 0.6) is 0 Å². The summed E-state index contributed by atoms with van der Waals surface area (Å²) in [6, 6.07) is 9.90. The lowest BCUT2D eigenvalue weighted by molar-refractivity contribution is -0.143. The maximum Gasteiger partial charge on any atom is 0.322 e. The van der Waals surface area contributed by atoms with Gasteiger partial charge in [0.15, 0.2) is 0 Å². The van der Waals surface area contributed by atoms with Gasteiger partial charge >= 0.3 is 5.97 Å². The van der Waals surface area contributed by atoms with Crippen molar-refractivity contribution in [2.75, 3.05) is 7.11 Å². The Labute approximate surface area is 98.8 Å². The summed E-state index contributed by atoms with van der Waals surface area (Å²) in [5.74, 6) is -0.190. The molecule has 0 aliphatic carbocycles. The van der Waals surface area contributed by atoms with E-state index in [0.717, 1.165) is 5.56 Å².